The molecule has 3 rings (SSSR count). The van der Waals surface area contributed by atoms with Gasteiger partial charge in [0.2, 0.25) is 5.91 Å². The Labute approximate surface area is 161 Å². The molecule has 0 saturated carbocycles. The molecule has 1 aliphatic rings. The van der Waals surface area contributed by atoms with E-state index in [4.69, 9.17) is 10.8 Å². The molecular formula is C20H19N3O5. The number of hydrogen-bond acceptors (Lipinski definition) is 4. The van der Waals surface area contributed by atoms with Crippen LogP contribution in [0.3, 0.4) is 0 Å². The van der Waals surface area contributed by atoms with Gasteiger partial charge in [0.05, 0.1) is 0 Å². The predicted molar refractivity (Wildman–Crippen MR) is 99.0 cm³/mol. The fraction of sp³-hybridized carbons (Fsp3) is 0.200. The van der Waals surface area contributed by atoms with Crippen molar-refractivity contribution >= 4 is 23.8 Å². The van der Waals surface area contributed by atoms with Gasteiger partial charge >= 0.3 is 12.0 Å². The van der Waals surface area contributed by atoms with Crippen LogP contribution in [0.4, 0.5) is 4.79 Å². The third-order valence-corrected chi connectivity index (χ3v) is 4.87. The Morgan fingerprint density at radius 2 is 1.64 bits per heavy atom. The Kier molecular flexibility index (Phi) is 4.87. The first-order valence-electron chi connectivity index (χ1n) is 8.54. The smallest absolute Gasteiger partial charge is 0.328 e. The summed E-state index contributed by atoms with van der Waals surface area (Å²) in [7, 11) is 0. The Bertz CT molecular complexity index is 942. The second-order valence-corrected chi connectivity index (χ2v) is 6.65. The zero-order valence-corrected chi connectivity index (χ0v) is 15.2. The Morgan fingerprint density at radius 3 is 2.18 bits per heavy atom. The number of amides is 4. The zero-order valence-electron chi connectivity index (χ0n) is 15.2. The van der Waals surface area contributed by atoms with Crippen molar-refractivity contribution in [2.75, 3.05) is 6.54 Å². The lowest BCUT2D eigenvalue weighted by Crippen LogP contribution is -2.44. The minimum absolute atomic E-state index is 0.121. The maximum atomic E-state index is 13.1. The monoisotopic (exact) mass is 381 g/mol. The number of carbonyl (C=O) groups is 4. The molecular weight excluding hydrogens is 362 g/mol. The third-order valence-electron chi connectivity index (χ3n) is 4.87. The number of aliphatic carboxylic acids is 1. The van der Waals surface area contributed by atoms with E-state index in [9.17, 15) is 19.2 Å². The summed E-state index contributed by atoms with van der Waals surface area (Å²) in [5.41, 5.74) is 5.36. The van der Waals surface area contributed by atoms with Crippen LogP contribution in [0.2, 0.25) is 0 Å². The van der Waals surface area contributed by atoms with Gasteiger partial charge in [0.25, 0.3) is 5.91 Å². The van der Waals surface area contributed by atoms with Crippen LogP contribution in [0.25, 0.3) is 0 Å². The molecule has 0 unspecified atom stereocenters. The number of imide groups is 1. The molecule has 0 bridgehead atoms. The van der Waals surface area contributed by atoms with E-state index in [-0.39, 0.29) is 12.1 Å². The molecule has 4 amide bonds. The van der Waals surface area contributed by atoms with Gasteiger partial charge in [0.1, 0.15) is 12.1 Å². The van der Waals surface area contributed by atoms with Crippen molar-refractivity contribution in [3.63, 3.8) is 0 Å². The van der Waals surface area contributed by atoms with Crippen molar-refractivity contribution in [1.29, 1.82) is 0 Å². The van der Waals surface area contributed by atoms with Gasteiger partial charge in [0.15, 0.2) is 0 Å². The zero-order chi connectivity index (χ0) is 20.5. The largest absolute Gasteiger partial charge is 0.480 e. The Morgan fingerprint density at radius 1 is 1.04 bits per heavy atom. The molecule has 1 fully saturated rings. The van der Waals surface area contributed by atoms with Gasteiger partial charge in [-0.15, -0.1) is 0 Å². The first kappa shape index (κ1) is 19.1. The van der Waals surface area contributed by atoms with E-state index in [1.54, 1.807) is 19.1 Å². The lowest BCUT2D eigenvalue weighted by molar-refractivity contribution is -0.143. The summed E-state index contributed by atoms with van der Waals surface area (Å²) in [4.78, 5) is 50.6. The first-order chi connectivity index (χ1) is 13.2. The van der Waals surface area contributed by atoms with Crippen LogP contribution in [0.1, 0.15) is 28.4 Å². The number of primary amides is 1. The fourth-order valence-electron chi connectivity index (χ4n) is 3.31. The highest BCUT2D eigenvalue weighted by Crippen LogP contribution is 2.38. The van der Waals surface area contributed by atoms with E-state index in [1.165, 1.54) is 17.0 Å². The van der Waals surface area contributed by atoms with Crippen molar-refractivity contribution in [3.8, 4) is 0 Å². The SMILES string of the molecule is C[C@@]1(c2ccc(C(N)=O)cc2)C(=O)N(CC(=O)O)C(=O)N1Cc1ccccc1. The normalized spacial score (nSPS) is 19.2. The molecule has 28 heavy (non-hydrogen) atoms. The molecule has 2 aromatic carbocycles. The first-order valence-corrected chi connectivity index (χ1v) is 8.54. The van der Waals surface area contributed by atoms with E-state index in [2.05, 4.69) is 0 Å². The Balaban J connectivity index is 2.06. The van der Waals surface area contributed by atoms with Gasteiger partial charge in [-0.3, -0.25) is 19.3 Å². The average Bonchev–Trinajstić information content (AvgIpc) is 2.85. The predicted octanol–water partition coefficient (Wildman–Crippen LogP) is 1.55. The van der Waals surface area contributed by atoms with Crippen molar-refractivity contribution in [2.45, 2.75) is 19.0 Å². The van der Waals surface area contributed by atoms with Gasteiger partial charge < -0.3 is 15.7 Å². The molecule has 0 aliphatic carbocycles. The number of urea groups is 1. The topological polar surface area (TPSA) is 121 Å². The van der Waals surface area contributed by atoms with E-state index in [1.807, 2.05) is 30.3 Å². The van der Waals surface area contributed by atoms with E-state index in [0.29, 0.717) is 5.56 Å². The minimum atomic E-state index is -1.42. The molecule has 144 valence electrons. The number of carboxylic acids is 1. The van der Waals surface area contributed by atoms with Gasteiger partial charge in [-0.25, -0.2) is 4.79 Å². The highest BCUT2D eigenvalue weighted by molar-refractivity contribution is 6.08. The van der Waals surface area contributed by atoms with E-state index < -0.39 is 35.9 Å². The van der Waals surface area contributed by atoms with E-state index in [0.717, 1.165) is 10.5 Å². The summed E-state index contributed by atoms with van der Waals surface area (Å²) < 4.78 is 0. The summed E-state index contributed by atoms with van der Waals surface area (Å²) >= 11 is 0. The second-order valence-electron chi connectivity index (χ2n) is 6.65. The molecule has 3 N–H and O–H groups in total. The summed E-state index contributed by atoms with van der Waals surface area (Å²) in [6.07, 6.45) is 0. The number of rotatable bonds is 6. The number of benzene rings is 2. The fourth-order valence-corrected chi connectivity index (χ4v) is 3.31. The van der Waals surface area contributed by atoms with Crippen molar-refractivity contribution in [2.24, 2.45) is 5.73 Å². The molecule has 1 heterocycles. The molecule has 1 atom stereocenters. The number of nitrogens with two attached hydrogens (primary N) is 1. The minimum Gasteiger partial charge on any atom is -0.480 e. The van der Waals surface area contributed by atoms with Crippen LogP contribution in [-0.4, -0.2) is 45.3 Å². The second kappa shape index (κ2) is 7.15. The van der Waals surface area contributed by atoms with Crippen LogP contribution in [0.15, 0.2) is 54.6 Å². The van der Waals surface area contributed by atoms with Crippen molar-refractivity contribution in [3.05, 3.63) is 71.3 Å². The maximum absolute atomic E-state index is 13.1. The number of hydrogen-bond donors (Lipinski definition) is 2. The van der Waals surface area contributed by atoms with Gasteiger partial charge in [-0.05, 0) is 30.2 Å². The van der Waals surface area contributed by atoms with Crippen LogP contribution >= 0.6 is 0 Å². The van der Waals surface area contributed by atoms with Gasteiger partial charge in [0, 0.05) is 12.1 Å². The van der Waals surface area contributed by atoms with Gasteiger partial charge in [-0.2, -0.15) is 0 Å². The standard InChI is InChI=1S/C20H19N3O5/c1-20(15-9-7-14(8-10-15)17(21)26)18(27)22(12-16(24)25)19(28)23(20)11-13-5-3-2-4-6-13/h2-10H,11-12H2,1H3,(H2,21,26)(H,24,25)/t20-/m1/s1. The summed E-state index contributed by atoms with van der Waals surface area (Å²) in [5.74, 6) is -2.53. The Hall–Kier alpha value is -3.68. The lowest BCUT2D eigenvalue weighted by atomic mass is 9.89. The molecule has 8 nitrogen and oxygen atoms in total. The summed E-state index contributed by atoms with van der Waals surface area (Å²) in [6.45, 7) is 0.963. The highest BCUT2D eigenvalue weighted by atomic mass is 16.4. The third kappa shape index (κ3) is 3.20. The number of carbonyl (C=O) groups excluding carboxylic acids is 3. The number of nitrogens with zero attached hydrogens (tertiary/aromatic N) is 2. The highest BCUT2D eigenvalue weighted by Gasteiger charge is 2.55. The molecule has 8 heteroatoms. The molecule has 0 aromatic heterocycles. The summed E-state index contributed by atoms with van der Waals surface area (Å²) in [6, 6.07) is 14.4. The maximum Gasteiger partial charge on any atom is 0.328 e. The summed E-state index contributed by atoms with van der Waals surface area (Å²) in [5, 5.41) is 9.11. The van der Waals surface area contributed by atoms with Gasteiger partial charge in [-0.1, -0.05) is 42.5 Å². The van der Waals surface area contributed by atoms with E-state index >= 15 is 0 Å². The van der Waals surface area contributed by atoms with Crippen molar-refractivity contribution < 1.29 is 24.3 Å². The number of carboxylic acid groups (broad SMARTS) is 1. The van der Waals surface area contributed by atoms with Crippen LogP contribution < -0.4 is 5.73 Å². The average molecular weight is 381 g/mol. The molecule has 0 radical (unpaired) electrons. The van der Waals surface area contributed by atoms with Crippen LogP contribution in [0, 0.1) is 0 Å². The van der Waals surface area contributed by atoms with Crippen LogP contribution in [0.5, 0.6) is 0 Å². The molecule has 1 saturated heterocycles. The quantitative estimate of drug-likeness (QED) is 0.736. The van der Waals surface area contributed by atoms with Crippen LogP contribution in [-0.2, 0) is 21.7 Å². The molecule has 2 aromatic rings. The molecule has 0 spiro atoms. The lowest BCUT2D eigenvalue weighted by Gasteiger charge is -2.32. The van der Waals surface area contributed by atoms with Crippen molar-refractivity contribution in [1.82, 2.24) is 9.80 Å². The molecule has 1 aliphatic heterocycles.